The van der Waals surface area contributed by atoms with Crippen molar-refractivity contribution < 1.29 is 19.4 Å². The van der Waals surface area contributed by atoms with Crippen LogP contribution in [-0.4, -0.2) is 29.3 Å². The van der Waals surface area contributed by atoms with Gasteiger partial charge < -0.3 is 15.2 Å². The van der Waals surface area contributed by atoms with Gasteiger partial charge in [0.2, 0.25) is 0 Å². The van der Waals surface area contributed by atoms with E-state index in [2.05, 4.69) is 11.9 Å². The monoisotopic (exact) mass is 199 g/mol. The van der Waals surface area contributed by atoms with Crippen molar-refractivity contribution >= 4 is 12.1 Å². The molecule has 1 heterocycles. The minimum absolute atomic E-state index is 0.0571. The van der Waals surface area contributed by atoms with Crippen LogP contribution in [0, 0.1) is 5.92 Å². The summed E-state index contributed by atoms with van der Waals surface area (Å²) in [6, 6.07) is -0.465. The van der Waals surface area contributed by atoms with Gasteiger partial charge in [-0.1, -0.05) is 13.0 Å². The summed E-state index contributed by atoms with van der Waals surface area (Å²) in [7, 11) is 0. The number of rotatable bonds is 4. The number of alkyl carbamates (subject to hydrolysis) is 1. The predicted molar refractivity (Wildman–Crippen MR) is 48.8 cm³/mol. The Morgan fingerprint density at radius 2 is 2.50 bits per heavy atom. The molecule has 1 amide bonds. The van der Waals surface area contributed by atoms with Crippen LogP contribution in [0.2, 0.25) is 0 Å². The SMILES string of the molecule is C=CC(C)[C@H]1OC(=O)N[C@@H]1CC(=O)O. The lowest BCUT2D eigenvalue weighted by Gasteiger charge is -2.18. The van der Waals surface area contributed by atoms with Crippen LogP contribution in [-0.2, 0) is 9.53 Å². The molecule has 5 heteroatoms. The first-order valence-electron chi connectivity index (χ1n) is 4.36. The molecule has 5 nitrogen and oxygen atoms in total. The quantitative estimate of drug-likeness (QED) is 0.655. The molecule has 1 aliphatic heterocycles. The third-order valence-corrected chi connectivity index (χ3v) is 2.23. The van der Waals surface area contributed by atoms with E-state index >= 15 is 0 Å². The Morgan fingerprint density at radius 1 is 1.86 bits per heavy atom. The molecule has 2 N–H and O–H groups in total. The van der Waals surface area contributed by atoms with Crippen molar-refractivity contribution in [3.8, 4) is 0 Å². The fraction of sp³-hybridized carbons (Fsp3) is 0.556. The molecule has 0 saturated carbocycles. The zero-order chi connectivity index (χ0) is 10.7. The lowest BCUT2D eigenvalue weighted by molar-refractivity contribution is -0.137. The highest BCUT2D eigenvalue weighted by Gasteiger charge is 2.37. The van der Waals surface area contributed by atoms with E-state index in [4.69, 9.17) is 9.84 Å². The van der Waals surface area contributed by atoms with Gasteiger partial charge in [-0.2, -0.15) is 0 Å². The van der Waals surface area contributed by atoms with Gasteiger partial charge >= 0.3 is 12.1 Å². The molecule has 0 aliphatic carbocycles. The Bertz CT molecular complexity index is 264. The van der Waals surface area contributed by atoms with E-state index in [0.717, 1.165) is 0 Å². The molecular formula is C9H13NO4. The second kappa shape index (κ2) is 4.13. The first-order valence-corrected chi connectivity index (χ1v) is 4.36. The fourth-order valence-corrected chi connectivity index (χ4v) is 1.44. The van der Waals surface area contributed by atoms with Crippen molar-refractivity contribution in [2.24, 2.45) is 5.92 Å². The number of carbonyl (C=O) groups excluding carboxylic acids is 1. The maximum atomic E-state index is 10.9. The van der Waals surface area contributed by atoms with Gasteiger partial charge in [0.05, 0.1) is 12.5 Å². The normalized spacial score (nSPS) is 27.6. The van der Waals surface area contributed by atoms with Crippen LogP contribution in [0.1, 0.15) is 13.3 Å². The number of carboxylic acid groups (broad SMARTS) is 1. The third-order valence-electron chi connectivity index (χ3n) is 2.23. The molecule has 0 aromatic rings. The number of ether oxygens (including phenoxy) is 1. The van der Waals surface area contributed by atoms with Crippen molar-refractivity contribution in [1.82, 2.24) is 5.32 Å². The molecule has 0 spiro atoms. The van der Waals surface area contributed by atoms with Crippen LogP contribution in [0.25, 0.3) is 0 Å². The van der Waals surface area contributed by atoms with Gasteiger partial charge in [0.25, 0.3) is 0 Å². The number of aliphatic carboxylic acids is 1. The van der Waals surface area contributed by atoms with Gasteiger partial charge in [-0.25, -0.2) is 4.79 Å². The van der Waals surface area contributed by atoms with Gasteiger partial charge in [0.1, 0.15) is 6.10 Å². The summed E-state index contributed by atoms with van der Waals surface area (Å²) >= 11 is 0. The lowest BCUT2D eigenvalue weighted by atomic mass is 9.96. The van der Waals surface area contributed by atoms with Crippen molar-refractivity contribution in [1.29, 1.82) is 0 Å². The van der Waals surface area contributed by atoms with E-state index in [1.54, 1.807) is 6.08 Å². The average molecular weight is 199 g/mol. The van der Waals surface area contributed by atoms with Gasteiger partial charge in [-0.15, -0.1) is 6.58 Å². The molecule has 1 rings (SSSR count). The predicted octanol–water partition coefficient (Wildman–Crippen LogP) is 0.760. The van der Waals surface area contributed by atoms with Crippen molar-refractivity contribution in [2.75, 3.05) is 0 Å². The lowest BCUT2D eigenvalue weighted by Crippen LogP contribution is -2.36. The van der Waals surface area contributed by atoms with Crippen LogP contribution in [0.3, 0.4) is 0 Å². The summed E-state index contributed by atoms with van der Waals surface area (Å²) in [6.07, 6.45) is 0.514. The standard InChI is InChI=1S/C9H13NO4/c1-3-5(2)8-6(4-7(11)12)10-9(13)14-8/h3,5-6,8H,1,4H2,2H3,(H,10,13)(H,11,12)/t5?,6-,8-/m1/s1. The minimum atomic E-state index is -0.956. The van der Waals surface area contributed by atoms with Crippen molar-refractivity contribution in [3.05, 3.63) is 12.7 Å². The number of hydrogen-bond acceptors (Lipinski definition) is 3. The second-order valence-electron chi connectivity index (χ2n) is 3.31. The first kappa shape index (κ1) is 10.6. The molecule has 1 aliphatic rings. The highest BCUT2D eigenvalue weighted by molar-refractivity contribution is 5.74. The maximum Gasteiger partial charge on any atom is 0.407 e. The van der Waals surface area contributed by atoms with Crippen molar-refractivity contribution in [2.45, 2.75) is 25.5 Å². The Balaban J connectivity index is 2.66. The first-order chi connectivity index (χ1) is 6.54. The summed E-state index contributed by atoms with van der Waals surface area (Å²) in [4.78, 5) is 21.4. The summed E-state index contributed by atoms with van der Waals surface area (Å²) in [6.45, 7) is 5.40. The van der Waals surface area contributed by atoms with Gasteiger partial charge in [-0.3, -0.25) is 4.79 Å². The molecule has 78 valence electrons. The molecule has 0 aromatic heterocycles. The van der Waals surface area contributed by atoms with Gasteiger partial charge in [0.15, 0.2) is 0 Å². The van der Waals surface area contributed by atoms with E-state index in [-0.39, 0.29) is 12.3 Å². The third kappa shape index (κ3) is 2.25. The largest absolute Gasteiger partial charge is 0.481 e. The maximum absolute atomic E-state index is 10.9. The number of hydrogen-bond donors (Lipinski definition) is 2. The minimum Gasteiger partial charge on any atom is -0.481 e. The number of carbonyl (C=O) groups is 2. The van der Waals surface area contributed by atoms with E-state index in [1.807, 2.05) is 6.92 Å². The van der Waals surface area contributed by atoms with Crippen LogP contribution in [0.5, 0.6) is 0 Å². The van der Waals surface area contributed by atoms with E-state index < -0.39 is 24.2 Å². The Hall–Kier alpha value is -1.52. The molecule has 14 heavy (non-hydrogen) atoms. The zero-order valence-corrected chi connectivity index (χ0v) is 7.90. The highest BCUT2D eigenvalue weighted by atomic mass is 16.6. The summed E-state index contributed by atoms with van der Waals surface area (Å²) in [5, 5.41) is 11.1. The molecule has 0 aromatic carbocycles. The Labute approximate surface area is 81.7 Å². The smallest absolute Gasteiger partial charge is 0.407 e. The average Bonchev–Trinajstić information content (AvgIpc) is 2.44. The number of amides is 1. The van der Waals surface area contributed by atoms with Crippen molar-refractivity contribution in [3.63, 3.8) is 0 Å². The van der Waals surface area contributed by atoms with Crippen LogP contribution < -0.4 is 5.32 Å². The summed E-state index contributed by atoms with van der Waals surface area (Å²) in [5.41, 5.74) is 0. The highest BCUT2D eigenvalue weighted by Crippen LogP contribution is 2.20. The van der Waals surface area contributed by atoms with E-state index in [9.17, 15) is 9.59 Å². The van der Waals surface area contributed by atoms with Gasteiger partial charge in [-0.05, 0) is 0 Å². The Morgan fingerprint density at radius 3 is 3.00 bits per heavy atom. The molecule has 3 atom stereocenters. The fourth-order valence-electron chi connectivity index (χ4n) is 1.44. The summed E-state index contributed by atoms with van der Waals surface area (Å²) in [5.74, 6) is -1.01. The summed E-state index contributed by atoms with van der Waals surface area (Å²) < 4.78 is 4.94. The van der Waals surface area contributed by atoms with E-state index in [0.29, 0.717) is 0 Å². The molecule has 0 bridgehead atoms. The molecule has 1 unspecified atom stereocenters. The zero-order valence-electron chi connectivity index (χ0n) is 7.90. The number of cyclic esters (lactones) is 1. The molecule has 1 saturated heterocycles. The van der Waals surface area contributed by atoms with Crippen LogP contribution in [0.4, 0.5) is 4.79 Å². The number of nitrogens with one attached hydrogen (secondary N) is 1. The molecule has 0 radical (unpaired) electrons. The van der Waals surface area contributed by atoms with Crippen LogP contribution >= 0.6 is 0 Å². The molecule has 1 fully saturated rings. The van der Waals surface area contributed by atoms with Gasteiger partial charge in [0, 0.05) is 5.92 Å². The van der Waals surface area contributed by atoms with E-state index in [1.165, 1.54) is 0 Å². The van der Waals surface area contributed by atoms with Crippen LogP contribution in [0.15, 0.2) is 12.7 Å². The second-order valence-corrected chi connectivity index (χ2v) is 3.31. The number of carboxylic acids is 1. The topological polar surface area (TPSA) is 75.6 Å². The Kier molecular flexibility index (Phi) is 3.11. The molecular weight excluding hydrogens is 186 g/mol.